The molecule has 0 aromatic rings. The van der Waals surface area contributed by atoms with Gasteiger partial charge in [0.25, 0.3) is 0 Å². The molecule has 0 saturated carbocycles. The molecular weight excluding hydrogens is 208 g/mol. The van der Waals surface area contributed by atoms with Crippen molar-refractivity contribution in [2.24, 2.45) is 5.41 Å². The molecule has 2 saturated heterocycles. The van der Waals surface area contributed by atoms with Gasteiger partial charge in [-0.2, -0.15) is 0 Å². The topological polar surface area (TPSA) is 36.9 Å². The minimum absolute atomic E-state index is 0.0477. The van der Waals surface area contributed by atoms with E-state index in [9.17, 15) is 0 Å². The van der Waals surface area contributed by atoms with E-state index in [1.807, 2.05) is 0 Å². The van der Waals surface area contributed by atoms with Gasteiger partial charge in [-0.3, -0.25) is 0 Å². The summed E-state index contributed by atoms with van der Waals surface area (Å²) in [5.41, 5.74) is -0.931. The first-order valence-electron chi connectivity index (χ1n) is 5.81. The number of ether oxygens (including phenoxy) is 4. The van der Waals surface area contributed by atoms with Gasteiger partial charge in [0.1, 0.15) is 13.6 Å². The van der Waals surface area contributed by atoms with Crippen molar-refractivity contribution in [3.8, 4) is 0 Å². The molecule has 0 bridgehead atoms. The van der Waals surface area contributed by atoms with Crippen LogP contribution in [0.3, 0.4) is 0 Å². The molecule has 0 amide bonds. The van der Waals surface area contributed by atoms with Crippen molar-refractivity contribution in [1.82, 2.24) is 0 Å². The molecule has 2 aliphatic rings. The van der Waals surface area contributed by atoms with Gasteiger partial charge in [-0.25, -0.2) is 0 Å². The third-order valence-electron chi connectivity index (χ3n) is 4.41. The SMILES string of the molecule is CC1OCOCC12C(C)(C)OCOC2(C)C. The van der Waals surface area contributed by atoms with Gasteiger partial charge in [-0.1, -0.05) is 0 Å². The predicted molar refractivity (Wildman–Crippen MR) is 59.0 cm³/mol. The Labute approximate surface area is 97.2 Å². The second-order valence-corrected chi connectivity index (χ2v) is 5.67. The maximum Gasteiger partial charge on any atom is 0.148 e. The maximum atomic E-state index is 5.78. The highest BCUT2D eigenvalue weighted by molar-refractivity contribution is 5.10. The minimum atomic E-state index is -0.325. The van der Waals surface area contributed by atoms with E-state index >= 15 is 0 Å². The molecule has 2 fully saturated rings. The highest BCUT2D eigenvalue weighted by Gasteiger charge is 2.64. The van der Waals surface area contributed by atoms with Gasteiger partial charge in [0.05, 0.1) is 29.3 Å². The molecule has 16 heavy (non-hydrogen) atoms. The van der Waals surface area contributed by atoms with Crippen molar-refractivity contribution in [3.05, 3.63) is 0 Å². The second-order valence-electron chi connectivity index (χ2n) is 5.67. The van der Waals surface area contributed by atoms with Crippen molar-refractivity contribution in [3.63, 3.8) is 0 Å². The van der Waals surface area contributed by atoms with Crippen LogP contribution in [0.4, 0.5) is 0 Å². The Kier molecular flexibility index (Phi) is 2.82. The minimum Gasteiger partial charge on any atom is -0.355 e. The standard InChI is InChI=1S/C12H22O4/c1-9-12(6-13-7-14-9)10(2,3)15-8-16-11(12,4)5/h9H,6-8H2,1-5H3. The van der Waals surface area contributed by atoms with E-state index < -0.39 is 0 Å². The largest absolute Gasteiger partial charge is 0.355 e. The van der Waals surface area contributed by atoms with Crippen LogP contribution in [0.15, 0.2) is 0 Å². The lowest BCUT2D eigenvalue weighted by atomic mass is 9.60. The molecule has 0 aromatic heterocycles. The molecule has 0 aliphatic carbocycles. The summed E-state index contributed by atoms with van der Waals surface area (Å²) < 4.78 is 22.7. The van der Waals surface area contributed by atoms with Crippen molar-refractivity contribution >= 4 is 0 Å². The second kappa shape index (κ2) is 3.67. The van der Waals surface area contributed by atoms with E-state index in [4.69, 9.17) is 18.9 Å². The fraction of sp³-hybridized carbons (Fsp3) is 1.00. The molecule has 4 nitrogen and oxygen atoms in total. The predicted octanol–water partition coefficient (Wildman–Crippen LogP) is 1.93. The third-order valence-corrected chi connectivity index (χ3v) is 4.41. The summed E-state index contributed by atoms with van der Waals surface area (Å²) in [5.74, 6) is 0. The van der Waals surface area contributed by atoms with E-state index in [0.717, 1.165) is 0 Å². The lowest BCUT2D eigenvalue weighted by molar-refractivity contribution is -0.379. The van der Waals surface area contributed by atoms with E-state index in [-0.39, 0.29) is 22.7 Å². The maximum absolute atomic E-state index is 5.78. The van der Waals surface area contributed by atoms with Gasteiger partial charge in [-0.05, 0) is 34.6 Å². The van der Waals surface area contributed by atoms with Crippen LogP contribution >= 0.6 is 0 Å². The lowest BCUT2D eigenvalue weighted by Gasteiger charge is -2.61. The van der Waals surface area contributed by atoms with Crippen molar-refractivity contribution in [2.75, 3.05) is 20.2 Å². The number of hydrogen-bond acceptors (Lipinski definition) is 4. The highest BCUT2D eigenvalue weighted by Crippen LogP contribution is 2.53. The fourth-order valence-electron chi connectivity index (χ4n) is 3.25. The molecule has 2 aliphatic heterocycles. The zero-order valence-electron chi connectivity index (χ0n) is 10.8. The van der Waals surface area contributed by atoms with Gasteiger partial charge in [0.2, 0.25) is 0 Å². The summed E-state index contributed by atoms with van der Waals surface area (Å²) in [6.45, 7) is 11.7. The van der Waals surface area contributed by atoms with Crippen LogP contribution in [0.1, 0.15) is 34.6 Å². The number of rotatable bonds is 0. The Morgan fingerprint density at radius 3 is 2.00 bits per heavy atom. The summed E-state index contributed by atoms with van der Waals surface area (Å²) in [7, 11) is 0. The normalized spacial score (nSPS) is 36.2. The molecule has 2 rings (SSSR count). The molecule has 1 unspecified atom stereocenters. The van der Waals surface area contributed by atoms with Gasteiger partial charge >= 0.3 is 0 Å². The molecule has 1 spiro atoms. The van der Waals surface area contributed by atoms with Crippen LogP contribution in [0.5, 0.6) is 0 Å². The van der Waals surface area contributed by atoms with E-state index in [2.05, 4.69) is 34.6 Å². The molecule has 0 aromatic carbocycles. The Hall–Kier alpha value is -0.160. The Balaban J connectivity index is 2.44. The molecular formula is C12H22O4. The van der Waals surface area contributed by atoms with Gasteiger partial charge in [0, 0.05) is 0 Å². The zero-order chi connectivity index (χ0) is 12.0. The number of hydrogen-bond donors (Lipinski definition) is 0. The molecule has 2 heterocycles. The summed E-state index contributed by atoms with van der Waals surface area (Å²) in [6, 6.07) is 0. The Morgan fingerprint density at radius 1 is 0.938 bits per heavy atom. The fourth-order valence-corrected chi connectivity index (χ4v) is 3.25. The highest BCUT2D eigenvalue weighted by atomic mass is 16.7. The summed E-state index contributed by atoms with van der Waals surface area (Å²) in [5, 5.41) is 0. The van der Waals surface area contributed by atoms with Crippen molar-refractivity contribution in [1.29, 1.82) is 0 Å². The quantitative estimate of drug-likeness (QED) is 0.637. The molecule has 1 atom stereocenters. The average Bonchev–Trinajstić information content (AvgIpc) is 2.15. The van der Waals surface area contributed by atoms with Gasteiger partial charge in [-0.15, -0.1) is 0 Å². The lowest BCUT2D eigenvalue weighted by Crippen LogP contribution is -2.71. The van der Waals surface area contributed by atoms with Crippen LogP contribution in [-0.2, 0) is 18.9 Å². The van der Waals surface area contributed by atoms with Crippen molar-refractivity contribution < 1.29 is 18.9 Å². The van der Waals surface area contributed by atoms with E-state index in [1.165, 1.54) is 0 Å². The monoisotopic (exact) mass is 230 g/mol. The first-order valence-corrected chi connectivity index (χ1v) is 5.81. The summed E-state index contributed by atoms with van der Waals surface area (Å²) in [4.78, 5) is 0. The van der Waals surface area contributed by atoms with E-state index in [1.54, 1.807) is 0 Å². The Morgan fingerprint density at radius 2 is 1.50 bits per heavy atom. The van der Waals surface area contributed by atoms with Crippen LogP contribution < -0.4 is 0 Å². The first-order chi connectivity index (χ1) is 7.33. The van der Waals surface area contributed by atoms with Crippen LogP contribution in [0.2, 0.25) is 0 Å². The van der Waals surface area contributed by atoms with Crippen LogP contribution in [0, 0.1) is 5.41 Å². The van der Waals surface area contributed by atoms with E-state index in [0.29, 0.717) is 20.2 Å². The molecule has 4 heteroatoms. The van der Waals surface area contributed by atoms with Gasteiger partial charge in [0.15, 0.2) is 0 Å². The smallest absolute Gasteiger partial charge is 0.148 e. The summed E-state index contributed by atoms with van der Waals surface area (Å²) in [6.07, 6.45) is 0.0477. The first kappa shape index (κ1) is 12.3. The average molecular weight is 230 g/mol. The molecule has 0 radical (unpaired) electrons. The third kappa shape index (κ3) is 1.44. The molecule has 94 valence electrons. The zero-order valence-corrected chi connectivity index (χ0v) is 10.8. The molecule has 0 N–H and O–H groups in total. The van der Waals surface area contributed by atoms with Crippen LogP contribution in [0.25, 0.3) is 0 Å². The Bertz CT molecular complexity index is 256. The van der Waals surface area contributed by atoms with Crippen molar-refractivity contribution in [2.45, 2.75) is 51.9 Å². The summed E-state index contributed by atoms with van der Waals surface area (Å²) >= 11 is 0. The van der Waals surface area contributed by atoms with Gasteiger partial charge < -0.3 is 18.9 Å². The van der Waals surface area contributed by atoms with Crippen LogP contribution in [-0.4, -0.2) is 37.5 Å².